The van der Waals surface area contributed by atoms with Gasteiger partial charge < -0.3 is 5.32 Å². The molecule has 0 aromatic carbocycles. The molecule has 1 aliphatic rings. The highest BCUT2D eigenvalue weighted by Gasteiger charge is 2.28. The molecule has 0 spiro atoms. The Morgan fingerprint density at radius 2 is 2.26 bits per heavy atom. The van der Waals surface area contributed by atoms with Gasteiger partial charge in [-0.05, 0) is 12.3 Å². The molecule has 108 valence electrons. The van der Waals surface area contributed by atoms with E-state index in [1.807, 2.05) is 17.9 Å². The van der Waals surface area contributed by atoms with Gasteiger partial charge in [-0.25, -0.2) is 0 Å². The number of hydrogen-bond donors (Lipinski definition) is 1. The first-order valence-electron chi connectivity index (χ1n) is 7.55. The average molecular weight is 264 g/mol. The van der Waals surface area contributed by atoms with Gasteiger partial charge in [0.25, 0.3) is 0 Å². The maximum atomic E-state index is 4.28. The van der Waals surface area contributed by atoms with E-state index >= 15 is 0 Å². The molecule has 0 aliphatic carbocycles. The Balaban J connectivity index is 2.02. The van der Waals surface area contributed by atoms with Crippen LogP contribution < -0.4 is 5.32 Å². The van der Waals surface area contributed by atoms with Gasteiger partial charge in [-0.1, -0.05) is 27.2 Å². The molecule has 0 bridgehead atoms. The lowest BCUT2D eigenvalue weighted by Gasteiger charge is -2.41. The van der Waals surface area contributed by atoms with E-state index in [1.165, 1.54) is 18.4 Å². The molecule has 2 rings (SSSR count). The van der Waals surface area contributed by atoms with Crippen LogP contribution in [0.2, 0.25) is 0 Å². The molecule has 4 heteroatoms. The summed E-state index contributed by atoms with van der Waals surface area (Å²) in [6, 6.07) is 1.28. The lowest BCUT2D eigenvalue weighted by molar-refractivity contribution is 0.0997. The summed E-state index contributed by atoms with van der Waals surface area (Å²) < 4.78 is 1.90. The van der Waals surface area contributed by atoms with Crippen LogP contribution in [0.5, 0.6) is 0 Å². The van der Waals surface area contributed by atoms with Crippen molar-refractivity contribution >= 4 is 0 Å². The van der Waals surface area contributed by atoms with Crippen molar-refractivity contribution in [3.63, 3.8) is 0 Å². The van der Waals surface area contributed by atoms with E-state index in [0.717, 1.165) is 19.6 Å². The Kier molecular flexibility index (Phi) is 4.99. The molecule has 19 heavy (non-hydrogen) atoms. The molecule has 1 fully saturated rings. The standard InChI is InChI=1S/C15H28N4/c1-5-6-14-8-16-15(12(2)3)11-19(14)10-13-7-17-18(4)9-13/h7,9,12,14-16H,5-6,8,10-11H2,1-4H3. The van der Waals surface area contributed by atoms with E-state index < -0.39 is 0 Å². The molecular weight excluding hydrogens is 236 g/mol. The van der Waals surface area contributed by atoms with Crippen LogP contribution in [0.25, 0.3) is 0 Å². The molecule has 4 nitrogen and oxygen atoms in total. The lowest BCUT2D eigenvalue weighted by atomic mass is 9.97. The molecule has 0 radical (unpaired) electrons. The highest BCUT2D eigenvalue weighted by atomic mass is 15.3. The number of nitrogens with zero attached hydrogens (tertiary/aromatic N) is 3. The summed E-state index contributed by atoms with van der Waals surface area (Å²) in [6.07, 6.45) is 6.66. The zero-order valence-electron chi connectivity index (χ0n) is 12.8. The van der Waals surface area contributed by atoms with E-state index in [0.29, 0.717) is 18.0 Å². The topological polar surface area (TPSA) is 33.1 Å². The molecular formula is C15H28N4. The fraction of sp³-hybridized carbons (Fsp3) is 0.800. The van der Waals surface area contributed by atoms with Gasteiger partial charge in [0.1, 0.15) is 0 Å². The van der Waals surface area contributed by atoms with Crippen molar-refractivity contribution in [1.82, 2.24) is 20.0 Å². The van der Waals surface area contributed by atoms with Gasteiger partial charge in [0, 0.05) is 50.5 Å². The fourth-order valence-corrected chi connectivity index (χ4v) is 2.93. The van der Waals surface area contributed by atoms with Crippen LogP contribution in [-0.2, 0) is 13.6 Å². The van der Waals surface area contributed by atoms with Crippen LogP contribution in [0.15, 0.2) is 12.4 Å². The summed E-state index contributed by atoms with van der Waals surface area (Å²) in [6.45, 7) is 10.2. The fourth-order valence-electron chi connectivity index (χ4n) is 2.93. The van der Waals surface area contributed by atoms with Crippen LogP contribution in [-0.4, -0.2) is 39.9 Å². The molecule has 2 atom stereocenters. The number of aryl methyl sites for hydroxylation is 1. The second-order valence-electron chi connectivity index (χ2n) is 6.15. The second-order valence-corrected chi connectivity index (χ2v) is 6.15. The third-order valence-electron chi connectivity index (χ3n) is 4.13. The van der Waals surface area contributed by atoms with Crippen molar-refractivity contribution in [3.8, 4) is 0 Å². The van der Waals surface area contributed by atoms with Crippen molar-refractivity contribution in [2.45, 2.75) is 52.2 Å². The highest BCUT2D eigenvalue weighted by molar-refractivity contribution is 5.04. The predicted octanol–water partition coefficient (Wildman–Crippen LogP) is 2.02. The second kappa shape index (κ2) is 6.53. The van der Waals surface area contributed by atoms with Crippen LogP contribution in [0.1, 0.15) is 39.2 Å². The number of rotatable bonds is 5. The molecule has 0 amide bonds. The van der Waals surface area contributed by atoms with E-state index in [9.17, 15) is 0 Å². The first-order valence-corrected chi connectivity index (χ1v) is 7.55. The van der Waals surface area contributed by atoms with Gasteiger partial charge in [0.2, 0.25) is 0 Å². The van der Waals surface area contributed by atoms with Gasteiger partial charge in [-0.3, -0.25) is 9.58 Å². The number of nitrogens with one attached hydrogen (secondary N) is 1. The maximum Gasteiger partial charge on any atom is 0.0534 e. The van der Waals surface area contributed by atoms with Gasteiger partial charge in [-0.2, -0.15) is 5.10 Å². The van der Waals surface area contributed by atoms with Crippen molar-refractivity contribution in [1.29, 1.82) is 0 Å². The van der Waals surface area contributed by atoms with E-state index in [-0.39, 0.29) is 0 Å². The van der Waals surface area contributed by atoms with Gasteiger partial charge >= 0.3 is 0 Å². The summed E-state index contributed by atoms with van der Waals surface area (Å²) >= 11 is 0. The number of aromatic nitrogens is 2. The Bertz CT molecular complexity index is 385. The molecule has 1 aliphatic heterocycles. The highest BCUT2D eigenvalue weighted by Crippen LogP contribution is 2.18. The zero-order valence-corrected chi connectivity index (χ0v) is 12.8. The zero-order chi connectivity index (χ0) is 13.8. The Labute approximate surface area is 117 Å². The normalized spacial score (nSPS) is 25.1. The summed E-state index contributed by atoms with van der Waals surface area (Å²) in [5, 5.41) is 7.99. The van der Waals surface area contributed by atoms with Gasteiger partial charge in [0.15, 0.2) is 0 Å². The number of piperazine rings is 1. The molecule has 1 N–H and O–H groups in total. The largest absolute Gasteiger partial charge is 0.311 e. The Morgan fingerprint density at radius 3 is 2.84 bits per heavy atom. The van der Waals surface area contributed by atoms with Crippen LogP contribution >= 0.6 is 0 Å². The minimum Gasteiger partial charge on any atom is -0.311 e. The predicted molar refractivity (Wildman–Crippen MR) is 78.9 cm³/mol. The van der Waals surface area contributed by atoms with E-state index in [1.54, 1.807) is 0 Å². The summed E-state index contributed by atoms with van der Waals surface area (Å²) in [5.41, 5.74) is 1.33. The monoisotopic (exact) mass is 264 g/mol. The average Bonchev–Trinajstić information content (AvgIpc) is 2.77. The molecule has 0 saturated carbocycles. The quantitative estimate of drug-likeness (QED) is 0.883. The van der Waals surface area contributed by atoms with Crippen molar-refractivity contribution in [2.75, 3.05) is 13.1 Å². The lowest BCUT2D eigenvalue weighted by Crippen LogP contribution is -2.57. The van der Waals surface area contributed by atoms with Crippen molar-refractivity contribution < 1.29 is 0 Å². The SMILES string of the molecule is CCCC1CNC(C(C)C)CN1Cc1cnn(C)c1. The minimum absolute atomic E-state index is 0.616. The van der Waals surface area contributed by atoms with E-state index in [4.69, 9.17) is 0 Å². The molecule has 1 saturated heterocycles. The van der Waals surface area contributed by atoms with Gasteiger partial charge in [-0.15, -0.1) is 0 Å². The van der Waals surface area contributed by atoms with Crippen LogP contribution in [0.4, 0.5) is 0 Å². The molecule has 2 heterocycles. The number of hydrogen-bond acceptors (Lipinski definition) is 3. The van der Waals surface area contributed by atoms with Crippen LogP contribution in [0.3, 0.4) is 0 Å². The summed E-state index contributed by atoms with van der Waals surface area (Å²) in [5.74, 6) is 0.693. The first-order chi connectivity index (χ1) is 9.10. The maximum absolute atomic E-state index is 4.28. The van der Waals surface area contributed by atoms with E-state index in [2.05, 4.69) is 42.3 Å². The Morgan fingerprint density at radius 1 is 1.47 bits per heavy atom. The summed E-state index contributed by atoms with van der Waals surface area (Å²) in [7, 11) is 1.99. The van der Waals surface area contributed by atoms with Crippen molar-refractivity contribution in [2.24, 2.45) is 13.0 Å². The third kappa shape index (κ3) is 3.80. The first kappa shape index (κ1) is 14.5. The Hall–Kier alpha value is -0.870. The smallest absolute Gasteiger partial charge is 0.0534 e. The molecule has 2 unspecified atom stereocenters. The van der Waals surface area contributed by atoms with Crippen molar-refractivity contribution in [3.05, 3.63) is 18.0 Å². The molecule has 1 aromatic rings. The van der Waals surface area contributed by atoms with Crippen LogP contribution in [0, 0.1) is 5.92 Å². The minimum atomic E-state index is 0.616. The molecule has 1 aromatic heterocycles. The summed E-state index contributed by atoms with van der Waals surface area (Å²) in [4.78, 5) is 2.64. The van der Waals surface area contributed by atoms with Gasteiger partial charge in [0.05, 0.1) is 6.20 Å². The third-order valence-corrected chi connectivity index (χ3v) is 4.13.